The number of primary amides is 1. The lowest BCUT2D eigenvalue weighted by Crippen LogP contribution is -2.32. The Balaban J connectivity index is 2.19. The third kappa shape index (κ3) is 5.25. The molecule has 0 radical (unpaired) electrons. The van der Waals surface area contributed by atoms with Crippen LogP contribution in [0, 0.1) is 11.3 Å². The number of nitrogens with two attached hydrogens (primary N) is 1. The molecule has 26 heavy (non-hydrogen) atoms. The molecule has 0 saturated heterocycles. The Hall–Kier alpha value is -2.49. The van der Waals surface area contributed by atoms with Gasteiger partial charge in [-0.05, 0) is 23.3 Å². The van der Waals surface area contributed by atoms with Crippen molar-refractivity contribution in [1.82, 2.24) is 5.32 Å². The second-order valence-corrected chi connectivity index (χ2v) is 6.92. The van der Waals surface area contributed by atoms with Crippen molar-refractivity contribution >= 4 is 35.2 Å². The molecule has 2 amide bonds. The molecule has 2 aromatic carbocycles. The van der Waals surface area contributed by atoms with Crippen LogP contribution < -0.4 is 11.1 Å². The van der Waals surface area contributed by atoms with E-state index in [4.69, 9.17) is 22.6 Å². The van der Waals surface area contributed by atoms with Gasteiger partial charge < -0.3 is 11.1 Å². The third-order valence-electron chi connectivity index (χ3n) is 3.76. The zero-order valence-corrected chi connectivity index (χ0v) is 15.5. The number of carbonyl (C=O) groups is 2. The van der Waals surface area contributed by atoms with E-state index >= 15 is 0 Å². The molecule has 2 rings (SSSR count). The minimum Gasteiger partial charge on any atom is -0.366 e. The maximum Gasteiger partial charge on any atom is 0.249 e. The van der Waals surface area contributed by atoms with E-state index in [-0.39, 0.29) is 12.5 Å². The molecule has 0 fully saturated rings. The van der Waals surface area contributed by atoms with Crippen LogP contribution in [0.5, 0.6) is 0 Å². The molecule has 134 valence electrons. The lowest BCUT2D eigenvalue weighted by Gasteiger charge is -2.18. The number of hydrogen-bond acceptors (Lipinski definition) is 4. The second kappa shape index (κ2) is 9.85. The summed E-state index contributed by atoms with van der Waals surface area (Å²) in [5, 5.41) is 11.9. The Labute approximate surface area is 161 Å². The zero-order valence-electron chi connectivity index (χ0n) is 13.9. The zero-order chi connectivity index (χ0) is 18.9. The Morgan fingerprint density at radius 2 is 1.88 bits per heavy atom. The molecule has 0 aliphatic heterocycles. The van der Waals surface area contributed by atoms with Gasteiger partial charge in [0, 0.05) is 22.1 Å². The molecule has 2 aromatic rings. The van der Waals surface area contributed by atoms with Crippen LogP contribution >= 0.6 is 23.4 Å². The molecule has 1 unspecified atom stereocenters. The van der Waals surface area contributed by atoms with Crippen molar-refractivity contribution < 1.29 is 9.59 Å². The van der Waals surface area contributed by atoms with Crippen LogP contribution in [0.15, 0.2) is 48.5 Å². The first-order valence-electron chi connectivity index (χ1n) is 7.89. The molecule has 0 bridgehead atoms. The van der Waals surface area contributed by atoms with Gasteiger partial charge in [0.1, 0.15) is 6.54 Å². The standard InChI is InChI=1S/C19H18ClN3O2S/c20-17-8-4-1-5-13(17)11-26-12-16(19(25)23-10-9-21)14-6-2-3-7-15(14)18(22)24/h1-8,16H,10-12H2,(H2,22,24)(H,23,25). The molecule has 7 heteroatoms. The molecule has 3 N–H and O–H groups in total. The average Bonchev–Trinajstić information content (AvgIpc) is 2.64. The van der Waals surface area contributed by atoms with Crippen LogP contribution in [-0.2, 0) is 10.5 Å². The number of thioether (sulfide) groups is 1. The predicted molar refractivity (Wildman–Crippen MR) is 104 cm³/mol. The molecule has 0 spiro atoms. The minimum absolute atomic E-state index is 0.0940. The van der Waals surface area contributed by atoms with Crippen molar-refractivity contribution in [3.63, 3.8) is 0 Å². The molecular weight excluding hydrogens is 370 g/mol. The normalized spacial score (nSPS) is 11.4. The number of nitriles is 1. The summed E-state index contributed by atoms with van der Waals surface area (Å²) in [4.78, 5) is 24.2. The molecular formula is C19H18ClN3O2S. The molecule has 5 nitrogen and oxygen atoms in total. The molecule has 1 atom stereocenters. The summed E-state index contributed by atoms with van der Waals surface area (Å²) in [7, 11) is 0. The van der Waals surface area contributed by atoms with E-state index in [9.17, 15) is 9.59 Å². The summed E-state index contributed by atoms with van der Waals surface area (Å²) >= 11 is 7.69. The van der Waals surface area contributed by atoms with E-state index in [1.165, 1.54) is 11.8 Å². The number of halogens is 1. The molecule has 0 heterocycles. The summed E-state index contributed by atoms with van der Waals surface area (Å²) in [5.74, 6) is -0.450. The highest BCUT2D eigenvalue weighted by Gasteiger charge is 2.24. The summed E-state index contributed by atoms with van der Waals surface area (Å²) in [5.41, 5.74) is 7.28. The van der Waals surface area contributed by atoms with E-state index in [0.29, 0.717) is 27.7 Å². The predicted octanol–water partition coefficient (Wildman–Crippen LogP) is 3.10. The van der Waals surface area contributed by atoms with Crippen LogP contribution in [0.4, 0.5) is 0 Å². The number of carbonyl (C=O) groups excluding carboxylic acids is 2. The highest BCUT2D eigenvalue weighted by molar-refractivity contribution is 7.98. The van der Waals surface area contributed by atoms with E-state index in [1.54, 1.807) is 24.3 Å². The van der Waals surface area contributed by atoms with Gasteiger partial charge in [-0.3, -0.25) is 9.59 Å². The number of nitrogens with one attached hydrogen (secondary N) is 1. The summed E-state index contributed by atoms with van der Waals surface area (Å²) in [6.07, 6.45) is 0. The van der Waals surface area contributed by atoms with E-state index in [2.05, 4.69) is 5.32 Å². The SMILES string of the molecule is N#CCNC(=O)C(CSCc1ccccc1Cl)c1ccccc1C(N)=O. The Morgan fingerprint density at radius 1 is 1.19 bits per heavy atom. The Kier molecular flexibility index (Phi) is 7.52. The van der Waals surface area contributed by atoms with Crippen molar-refractivity contribution in [3.8, 4) is 6.07 Å². The number of nitrogens with zero attached hydrogens (tertiary/aromatic N) is 1. The summed E-state index contributed by atoms with van der Waals surface area (Å²) < 4.78 is 0. The van der Waals surface area contributed by atoms with Gasteiger partial charge in [0.05, 0.1) is 12.0 Å². The van der Waals surface area contributed by atoms with Gasteiger partial charge >= 0.3 is 0 Å². The number of hydrogen-bond donors (Lipinski definition) is 2. The highest BCUT2D eigenvalue weighted by atomic mass is 35.5. The van der Waals surface area contributed by atoms with Crippen LogP contribution in [-0.4, -0.2) is 24.1 Å². The van der Waals surface area contributed by atoms with Gasteiger partial charge in [-0.25, -0.2) is 0 Å². The highest BCUT2D eigenvalue weighted by Crippen LogP contribution is 2.28. The van der Waals surface area contributed by atoms with Gasteiger partial charge in [0.25, 0.3) is 0 Å². The van der Waals surface area contributed by atoms with Gasteiger partial charge in [-0.1, -0.05) is 48.0 Å². The second-order valence-electron chi connectivity index (χ2n) is 5.49. The van der Waals surface area contributed by atoms with Gasteiger partial charge in [-0.2, -0.15) is 17.0 Å². The lowest BCUT2D eigenvalue weighted by molar-refractivity contribution is -0.121. The van der Waals surface area contributed by atoms with E-state index in [1.807, 2.05) is 30.3 Å². The van der Waals surface area contributed by atoms with Crippen molar-refractivity contribution in [1.29, 1.82) is 5.26 Å². The number of benzene rings is 2. The third-order valence-corrected chi connectivity index (χ3v) is 5.21. The van der Waals surface area contributed by atoms with Crippen LogP contribution in [0.2, 0.25) is 5.02 Å². The van der Waals surface area contributed by atoms with Crippen molar-refractivity contribution in [3.05, 3.63) is 70.2 Å². The van der Waals surface area contributed by atoms with Gasteiger partial charge in [-0.15, -0.1) is 0 Å². The maximum absolute atomic E-state index is 12.5. The molecule has 0 saturated carbocycles. The molecule has 0 aliphatic rings. The molecule has 0 aromatic heterocycles. The van der Waals surface area contributed by atoms with Crippen molar-refractivity contribution in [2.75, 3.05) is 12.3 Å². The van der Waals surface area contributed by atoms with E-state index in [0.717, 1.165) is 5.56 Å². The fourth-order valence-electron chi connectivity index (χ4n) is 2.48. The van der Waals surface area contributed by atoms with Crippen molar-refractivity contribution in [2.45, 2.75) is 11.7 Å². The quantitative estimate of drug-likeness (QED) is 0.680. The lowest BCUT2D eigenvalue weighted by atomic mass is 9.94. The summed E-state index contributed by atoms with van der Waals surface area (Å²) in [6, 6.07) is 16.2. The fraction of sp³-hybridized carbons (Fsp3) is 0.211. The first-order chi connectivity index (χ1) is 12.5. The molecule has 0 aliphatic carbocycles. The van der Waals surface area contributed by atoms with Gasteiger partial charge in [0.15, 0.2) is 0 Å². The van der Waals surface area contributed by atoms with Crippen LogP contribution in [0.25, 0.3) is 0 Å². The maximum atomic E-state index is 12.5. The number of amides is 2. The van der Waals surface area contributed by atoms with Crippen LogP contribution in [0.1, 0.15) is 27.4 Å². The Bertz CT molecular complexity index is 836. The monoisotopic (exact) mass is 387 g/mol. The average molecular weight is 388 g/mol. The fourth-order valence-corrected chi connectivity index (χ4v) is 3.92. The first kappa shape index (κ1) is 19.8. The van der Waals surface area contributed by atoms with E-state index < -0.39 is 11.8 Å². The van der Waals surface area contributed by atoms with Gasteiger partial charge in [0.2, 0.25) is 11.8 Å². The van der Waals surface area contributed by atoms with Crippen LogP contribution in [0.3, 0.4) is 0 Å². The minimum atomic E-state index is -0.598. The largest absolute Gasteiger partial charge is 0.366 e. The smallest absolute Gasteiger partial charge is 0.249 e. The van der Waals surface area contributed by atoms with Crippen molar-refractivity contribution in [2.24, 2.45) is 5.73 Å². The first-order valence-corrected chi connectivity index (χ1v) is 9.42. The topological polar surface area (TPSA) is 96.0 Å². The Morgan fingerprint density at radius 3 is 2.58 bits per heavy atom. The summed E-state index contributed by atoms with van der Waals surface area (Å²) in [6.45, 7) is -0.0940. The number of rotatable bonds is 8.